The second-order valence-electron chi connectivity index (χ2n) is 4.75. The van der Waals surface area contributed by atoms with Crippen molar-refractivity contribution in [3.05, 3.63) is 42.0 Å². The number of ether oxygens (including phenoxy) is 1. The molecule has 1 N–H and O–H groups in total. The summed E-state index contributed by atoms with van der Waals surface area (Å²) < 4.78 is 7.51. The molecule has 2 rings (SSSR count). The predicted molar refractivity (Wildman–Crippen MR) is 71.8 cm³/mol. The zero-order valence-electron chi connectivity index (χ0n) is 11.4. The molecule has 0 spiro atoms. The third-order valence-corrected chi connectivity index (χ3v) is 2.87. The van der Waals surface area contributed by atoms with Gasteiger partial charge in [-0.3, -0.25) is 0 Å². The van der Waals surface area contributed by atoms with Crippen molar-refractivity contribution < 1.29 is 9.84 Å². The minimum Gasteiger partial charge on any atom is -0.486 e. The van der Waals surface area contributed by atoms with Gasteiger partial charge in [0.25, 0.3) is 0 Å². The molecule has 5 heteroatoms. The number of rotatable bonds is 5. The molecular formula is C14H19N3O2. The van der Waals surface area contributed by atoms with Crippen LogP contribution in [0.2, 0.25) is 0 Å². The van der Waals surface area contributed by atoms with Crippen molar-refractivity contribution in [1.82, 2.24) is 14.8 Å². The predicted octanol–water partition coefficient (Wildman–Crippen LogP) is 2.49. The Morgan fingerprint density at radius 1 is 1.21 bits per heavy atom. The van der Waals surface area contributed by atoms with Crippen LogP contribution in [0.4, 0.5) is 0 Å². The van der Waals surface area contributed by atoms with E-state index in [4.69, 9.17) is 4.74 Å². The Hall–Kier alpha value is -1.88. The fraction of sp³-hybridized carbons (Fsp3) is 0.429. The molecule has 2 aromatic rings. The van der Waals surface area contributed by atoms with Crippen LogP contribution in [0, 0.1) is 0 Å². The summed E-state index contributed by atoms with van der Waals surface area (Å²) in [5, 5.41) is 13.6. The third-order valence-electron chi connectivity index (χ3n) is 2.87. The van der Waals surface area contributed by atoms with Gasteiger partial charge in [0, 0.05) is 6.04 Å². The van der Waals surface area contributed by atoms with E-state index < -0.39 is 6.10 Å². The average molecular weight is 261 g/mol. The molecule has 1 atom stereocenters. The number of aromatic nitrogens is 3. The fourth-order valence-electron chi connectivity index (χ4n) is 1.80. The Morgan fingerprint density at radius 2 is 1.89 bits per heavy atom. The second kappa shape index (κ2) is 5.84. The molecule has 0 aliphatic rings. The van der Waals surface area contributed by atoms with E-state index in [9.17, 15) is 5.11 Å². The summed E-state index contributed by atoms with van der Waals surface area (Å²) in [5.41, 5.74) is 0.873. The van der Waals surface area contributed by atoms with Crippen LogP contribution in [0.3, 0.4) is 0 Å². The zero-order chi connectivity index (χ0) is 13.8. The van der Waals surface area contributed by atoms with Gasteiger partial charge in [0.15, 0.2) is 5.82 Å². The molecule has 1 aromatic carbocycles. The minimum absolute atomic E-state index is 0.263. The van der Waals surface area contributed by atoms with Gasteiger partial charge in [-0.15, -0.1) is 0 Å². The monoisotopic (exact) mass is 261 g/mol. The molecule has 0 bridgehead atoms. The lowest BCUT2D eigenvalue weighted by Crippen LogP contribution is -2.10. The lowest BCUT2D eigenvalue weighted by Gasteiger charge is -2.11. The van der Waals surface area contributed by atoms with Crippen LogP contribution in [-0.4, -0.2) is 19.9 Å². The van der Waals surface area contributed by atoms with Gasteiger partial charge in [0.05, 0.1) is 6.10 Å². The largest absolute Gasteiger partial charge is 0.486 e. The van der Waals surface area contributed by atoms with Crippen LogP contribution in [0.25, 0.3) is 0 Å². The van der Waals surface area contributed by atoms with Crippen molar-refractivity contribution in [3.63, 3.8) is 0 Å². The third kappa shape index (κ3) is 3.32. The van der Waals surface area contributed by atoms with Gasteiger partial charge < -0.3 is 9.84 Å². The molecule has 1 aromatic heterocycles. The first-order chi connectivity index (χ1) is 9.08. The average Bonchev–Trinajstić information content (AvgIpc) is 2.85. The Balaban J connectivity index is 2.00. The normalized spacial score (nSPS) is 12.7. The number of aliphatic hydroxyl groups excluding tert-OH is 1. The molecule has 0 aliphatic carbocycles. The van der Waals surface area contributed by atoms with Crippen LogP contribution >= 0.6 is 0 Å². The number of aliphatic hydroxyl groups is 1. The SMILES string of the molecule is CC(C)n1ncnc1COc1ccc([C@H](C)O)cc1. The molecule has 0 aliphatic heterocycles. The topological polar surface area (TPSA) is 60.2 Å². The Labute approximate surface area is 112 Å². The van der Waals surface area contributed by atoms with Gasteiger partial charge in [0.1, 0.15) is 18.7 Å². The lowest BCUT2D eigenvalue weighted by molar-refractivity contribution is 0.199. The minimum atomic E-state index is -0.460. The highest BCUT2D eigenvalue weighted by molar-refractivity contribution is 5.28. The summed E-state index contributed by atoms with van der Waals surface area (Å²) >= 11 is 0. The van der Waals surface area contributed by atoms with Crippen molar-refractivity contribution in [2.45, 2.75) is 39.5 Å². The fourth-order valence-corrected chi connectivity index (χ4v) is 1.80. The van der Waals surface area contributed by atoms with E-state index in [0.29, 0.717) is 6.61 Å². The van der Waals surface area contributed by atoms with E-state index in [1.165, 1.54) is 6.33 Å². The molecule has 19 heavy (non-hydrogen) atoms. The molecule has 0 fully saturated rings. The van der Waals surface area contributed by atoms with Crippen molar-refractivity contribution in [2.24, 2.45) is 0 Å². The summed E-state index contributed by atoms with van der Waals surface area (Å²) in [5.74, 6) is 1.55. The zero-order valence-corrected chi connectivity index (χ0v) is 11.4. The highest BCUT2D eigenvalue weighted by Gasteiger charge is 2.08. The van der Waals surface area contributed by atoms with Crippen molar-refractivity contribution in [2.75, 3.05) is 0 Å². The van der Waals surface area contributed by atoms with Gasteiger partial charge in [0.2, 0.25) is 0 Å². The standard InChI is InChI=1S/C14H19N3O2/c1-10(2)17-14(15-9-16-17)8-19-13-6-4-12(5-7-13)11(3)18/h4-7,9-11,18H,8H2,1-3H3/t11-/m0/s1. The quantitative estimate of drug-likeness (QED) is 0.898. The molecule has 1 heterocycles. The first-order valence-electron chi connectivity index (χ1n) is 6.37. The van der Waals surface area contributed by atoms with Crippen LogP contribution in [-0.2, 0) is 6.61 Å². The summed E-state index contributed by atoms with van der Waals surface area (Å²) in [4.78, 5) is 4.19. The Kier molecular flexibility index (Phi) is 4.16. The van der Waals surface area contributed by atoms with Gasteiger partial charge in [-0.05, 0) is 38.5 Å². The number of hydrogen-bond acceptors (Lipinski definition) is 4. The second-order valence-corrected chi connectivity index (χ2v) is 4.75. The molecule has 0 amide bonds. The first-order valence-corrected chi connectivity index (χ1v) is 6.37. The molecule has 5 nitrogen and oxygen atoms in total. The van der Waals surface area contributed by atoms with Crippen molar-refractivity contribution in [1.29, 1.82) is 0 Å². The molecular weight excluding hydrogens is 242 g/mol. The number of benzene rings is 1. The van der Waals surface area contributed by atoms with E-state index in [0.717, 1.165) is 17.1 Å². The van der Waals surface area contributed by atoms with Gasteiger partial charge in [-0.25, -0.2) is 9.67 Å². The van der Waals surface area contributed by atoms with E-state index in [2.05, 4.69) is 23.9 Å². The van der Waals surface area contributed by atoms with E-state index in [1.807, 2.05) is 28.9 Å². The lowest BCUT2D eigenvalue weighted by atomic mass is 10.1. The maximum absolute atomic E-state index is 9.43. The van der Waals surface area contributed by atoms with Gasteiger partial charge >= 0.3 is 0 Å². The molecule has 0 saturated heterocycles. The van der Waals surface area contributed by atoms with E-state index in [1.54, 1.807) is 6.92 Å². The number of hydrogen-bond donors (Lipinski definition) is 1. The number of nitrogens with zero attached hydrogens (tertiary/aromatic N) is 3. The molecule has 0 unspecified atom stereocenters. The van der Waals surface area contributed by atoms with Gasteiger partial charge in [-0.1, -0.05) is 12.1 Å². The Morgan fingerprint density at radius 3 is 2.47 bits per heavy atom. The van der Waals surface area contributed by atoms with Crippen LogP contribution in [0.1, 0.15) is 44.3 Å². The van der Waals surface area contributed by atoms with Crippen LogP contribution in [0.5, 0.6) is 5.75 Å². The highest BCUT2D eigenvalue weighted by Crippen LogP contribution is 2.18. The highest BCUT2D eigenvalue weighted by atomic mass is 16.5. The van der Waals surface area contributed by atoms with E-state index in [-0.39, 0.29) is 6.04 Å². The molecule has 0 saturated carbocycles. The molecule has 0 radical (unpaired) electrons. The van der Waals surface area contributed by atoms with Gasteiger partial charge in [-0.2, -0.15) is 5.10 Å². The maximum Gasteiger partial charge on any atom is 0.165 e. The van der Waals surface area contributed by atoms with Crippen molar-refractivity contribution in [3.8, 4) is 5.75 Å². The summed E-state index contributed by atoms with van der Waals surface area (Å²) in [6.45, 7) is 6.22. The van der Waals surface area contributed by atoms with Crippen LogP contribution in [0.15, 0.2) is 30.6 Å². The Bertz CT molecular complexity index is 518. The summed E-state index contributed by atoms with van der Waals surface area (Å²) in [6.07, 6.45) is 1.08. The summed E-state index contributed by atoms with van der Waals surface area (Å²) in [7, 11) is 0. The maximum atomic E-state index is 9.43. The first kappa shape index (κ1) is 13.5. The van der Waals surface area contributed by atoms with E-state index >= 15 is 0 Å². The summed E-state index contributed by atoms with van der Waals surface area (Å²) in [6, 6.07) is 7.66. The molecule has 102 valence electrons. The van der Waals surface area contributed by atoms with Crippen LogP contribution < -0.4 is 4.74 Å². The smallest absolute Gasteiger partial charge is 0.165 e. The van der Waals surface area contributed by atoms with Crippen molar-refractivity contribution >= 4 is 0 Å².